The maximum absolute atomic E-state index is 13.3. The Morgan fingerprint density at radius 1 is 1.24 bits per heavy atom. The minimum Gasteiger partial charge on any atom is -0.385 e. The first kappa shape index (κ1) is 14.1. The van der Waals surface area contributed by atoms with Crippen LogP contribution in [0.5, 0.6) is 0 Å². The standard InChI is InChI=1S/C16H14BrFN2O/c17-14-5-3-11(18)9-13(14)16(21)20-12-4-6-15-10(8-12)2-1-7-19-15/h3-6,8-9,19H,1-2,7H2,(H,20,21). The molecular formula is C16H14BrFN2O. The molecule has 1 aliphatic heterocycles. The van der Waals surface area contributed by atoms with E-state index in [0.29, 0.717) is 4.47 Å². The predicted octanol–water partition coefficient (Wildman–Crippen LogP) is 4.20. The molecule has 0 radical (unpaired) electrons. The lowest BCUT2D eigenvalue weighted by Crippen LogP contribution is -2.15. The quantitative estimate of drug-likeness (QED) is 0.853. The molecule has 3 nitrogen and oxygen atoms in total. The smallest absolute Gasteiger partial charge is 0.256 e. The molecule has 0 spiro atoms. The van der Waals surface area contributed by atoms with Gasteiger partial charge in [-0.2, -0.15) is 0 Å². The SMILES string of the molecule is O=C(Nc1ccc2c(c1)CCCN2)c1cc(F)ccc1Br. The number of anilines is 2. The summed E-state index contributed by atoms with van der Waals surface area (Å²) in [5.74, 6) is -0.761. The molecule has 0 saturated carbocycles. The van der Waals surface area contributed by atoms with Crippen LogP contribution < -0.4 is 10.6 Å². The van der Waals surface area contributed by atoms with Crippen LogP contribution in [0.3, 0.4) is 0 Å². The van der Waals surface area contributed by atoms with Crippen LogP contribution in [0.15, 0.2) is 40.9 Å². The van der Waals surface area contributed by atoms with E-state index in [9.17, 15) is 9.18 Å². The molecule has 0 fully saturated rings. The molecule has 1 aliphatic rings. The Morgan fingerprint density at radius 3 is 2.95 bits per heavy atom. The minimum atomic E-state index is -0.432. The summed E-state index contributed by atoms with van der Waals surface area (Å²) in [6.07, 6.45) is 2.08. The highest BCUT2D eigenvalue weighted by atomic mass is 79.9. The highest BCUT2D eigenvalue weighted by Gasteiger charge is 2.13. The number of halogens is 2. The van der Waals surface area contributed by atoms with Crippen LogP contribution in [0.25, 0.3) is 0 Å². The van der Waals surface area contributed by atoms with E-state index in [1.54, 1.807) is 0 Å². The topological polar surface area (TPSA) is 41.1 Å². The fraction of sp³-hybridized carbons (Fsp3) is 0.188. The zero-order valence-corrected chi connectivity index (χ0v) is 12.8. The summed E-state index contributed by atoms with van der Waals surface area (Å²) in [5.41, 5.74) is 3.31. The molecule has 1 heterocycles. The van der Waals surface area contributed by atoms with Crippen molar-refractivity contribution < 1.29 is 9.18 Å². The molecule has 0 saturated heterocycles. The van der Waals surface area contributed by atoms with Crippen LogP contribution in [0.1, 0.15) is 22.3 Å². The highest BCUT2D eigenvalue weighted by Crippen LogP contribution is 2.26. The molecule has 3 rings (SSSR count). The number of hydrogen-bond donors (Lipinski definition) is 2. The van der Waals surface area contributed by atoms with Gasteiger partial charge in [-0.3, -0.25) is 4.79 Å². The summed E-state index contributed by atoms with van der Waals surface area (Å²) in [4.78, 5) is 12.2. The van der Waals surface area contributed by atoms with E-state index in [2.05, 4.69) is 26.6 Å². The number of rotatable bonds is 2. The number of aryl methyl sites for hydroxylation is 1. The second-order valence-corrected chi connectivity index (χ2v) is 5.83. The average molecular weight is 349 g/mol. The normalized spacial score (nSPS) is 13.2. The molecule has 2 aromatic rings. The van der Waals surface area contributed by atoms with Crippen LogP contribution in [0.4, 0.5) is 15.8 Å². The van der Waals surface area contributed by atoms with Gasteiger partial charge in [0.15, 0.2) is 0 Å². The molecule has 2 N–H and O–H groups in total. The number of nitrogens with one attached hydrogen (secondary N) is 2. The zero-order valence-electron chi connectivity index (χ0n) is 11.2. The van der Waals surface area contributed by atoms with Crippen molar-refractivity contribution in [1.29, 1.82) is 0 Å². The first-order valence-corrected chi connectivity index (χ1v) is 7.56. The molecule has 0 unspecified atom stereocenters. The molecule has 0 aromatic heterocycles. The molecule has 21 heavy (non-hydrogen) atoms. The van der Waals surface area contributed by atoms with Gasteiger partial charge in [0, 0.05) is 22.4 Å². The third-order valence-corrected chi connectivity index (χ3v) is 4.17. The van der Waals surface area contributed by atoms with Crippen molar-refractivity contribution in [3.05, 3.63) is 57.8 Å². The second-order valence-electron chi connectivity index (χ2n) is 4.98. The van der Waals surface area contributed by atoms with Crippen molar-refractivity contribution in [2.45, 2.75) is 12.8 Å². The van der Waals surface area contributed by atoms with Gasteiger partial charge in [0.2, 0.25) is 0 Å². The number of fused-ring (bicyclic) bond motifs is 1. The third-order valence-electron chi connectivity index (χ3n) is 3.47. The molecular weight excluding hydrogens is 335 g/mol. The molecule has 2 aromatic carbocycles. The molecule has 0 bridgehead atoms. The van der Waals surface area contributed by atoms with Crippen molar-refractivity contribution in [2.24, 2.45) is 0 Å². The van der Waals surface area contributed by atoms with E-state index in [4.69, 9.17) is 0 Å². The summed E-state index contributed by atoms with van der Waals surface area (Å²) in [7, 11) is 0. The van der Waals surface area contributed by atoms with Crippen LogP contribution in [-0.4, -0.2) is 12.5 Å². The second kappa shape index (κ2) is 5.85. The van der Waals surface area contributed by atoms with Gasteiger partial charge in [-0.25, -0.2) is 4.39 Å². The van der Waals surface area contributed by atoms with Crippen LogP contribution in [0.2, 0.25) is 0 Å². The van der Waals surface area contributed by atoms with Crippen LogP contribution >= 0.6 is 15.9 Å². The Hall–Kier alpha value is -1.88. The lowest BCUT2D eigenvalue weighted by atomic mass is 10.0. The molecule has 1 amide bonds. The van der Waals surface area contributed by atoms with Gasteiger partial charge in [-0.15, -0.1) is 0 Å². The van der Waals surface area contributed by atoms with Crippen molar-refractivity contribution >= 4 is 33.2 Å². The maximum atomic E-state index is 13.3. The number of benzene rings is 2. The first-order chi connectivity index (χ1) is 10.1. The summed E-state index contributed by atoms with van der Waals surface area (Å²) in [6.45, 7) is 0.981. The van der Waals surface area contributed by atoms with Gasteiger partial charge in [0.05, 0.1) is 5.56 Å². The van der Waals surface area contributed by atoms with E-state index in [-0.39, 0.29) is 11.5 Å². The zero-order chi connectivity index (χ0) is 14.8. The van der Waals surface area contributed by atoms with Gasteiger partial charge in [0.25, 0.3) is 5.91 Å². The largest absolute Gasteiger partial charge is 0.385 e. The van der Waals surface area contributed by atoms with Crippen molar-refractivity contribution in [1.82, 2.24) is 0 Å². The fourth-order valence-electron chi connectivity index (χ4n) is 2.42. The maximum Gasteiger partial charge on any atom is 0.256 e. The Labute approximate surface area is 130 Å². The van der Waals surface area contributed by atoms with Crippen molar-refractivity contribution in [3.63, 3.8) is 0 Å². The Bertz CT molecular complexity index is 703. The predicted molar refractivity (Wildman–Crippen MR) is 85.3 cm³/mol. The van der Waals surface area contributed by atoms with E-state index < -0.39 is 5.82 Å². The van der Waals surface area contributed by atoms with Crippen molar-refractivity contribution in [3.8, 4) is 0 Å². The molecule has 0 aliphatic carbocycles. The van der Waals surface area contributed by atoms with E-state index >= 15 is 0 Å². The van der Waals surface area contributed by atoms with Gasteiger partial charge in [0.1, 0.15) is 5.82 Å². The minimum absolute atomic E-state index is 0.283. The van der Waals surface area contributed by atoms with Crippen molar-refractivity contribution in [2.75, 3.05) is 17.2 Å². The lowest BCUT2D eigenvalue weighted by Gasteiger charge is -2.19. The Morgan fingerprint density at radius 2 is 2.10 bits per heavy atom. The van der Waals surface area contributed by atoms with Crippen LogP contribution in [0, 0.1) is 5.82 Å². The van der Waals surface area contributed by atoms with Gasteiger partial charge < -0.3 is 10.6 Å². The fourth-order valence-corrected chi connectivity index (χ4v) is 2.85. The third kappa shape index (κ3) is 3.08. The number of carbonyl (C=O) groups is 1. The van der Waals surface area contributed by atoms with E-state index in [0.717, 1.165) is 30.8 Å². The van der Waals surface area contributed by atoms with E-state index in [1.807, 2.05) is 18.2 Å². The van der Waals surface area contributed by atoms with Gasteiger partial charge >= 0.3 is 0 Å². The van der Waals surface area contributed by atoms with Crippen LogP contribution in [-0.2, 0) is 6.42 Å². The highest BCUT2D eigenvalue weighted by molar-refractivity contribution is 9.10. The summed E-state index contributed by atoms with van der Waals surface area (Å²) in [5, 5.41) is 6.13. The number of carbonyl (C=O) groups excluding carboxylic acids is 1. The number of hydrogen-bond acceptors (Lipinski definition) is 2. The first-order valence-electron chi connectivity index (χ1n) is 6.77. The Balaban J connectivity index is 1.83. The molecule has 5 heteroatoms. The summed E-state index contributed by atoms with van der Waals surface area (Å²) in [6, 6.07) is 9.84. The van der Waals surface area contributed by atoms with E-state index in [1.165, 1.54) is 23.8 Å². The summed E-state index contributed by atoms with van der Waals surface area (Å²) < 4.78 is 13.8. The molecule has 0 atom stereocenters. The Kier molecular flexibility index (Phi) is 3.92. The summed E-state index contributed by atoms with van der Waals surface area (Å²) >= 11 is 3.27. The van der Waals surface area contributed by atoms with Gasteiger partial charge in [-0.1, -0.05) is 0 Å². The number of amides is 1. The monoisotopic (exact) mass is 348 g/mol. The average Bonchev–Trinajstić information content (AvgIpc) is 2.49. The lowest BCUT2D eigenvalue weighted by molar-refractivity contribution is 0.102. The van der Waals surface area contributed by atoms with Gasteiger partial charge in [-0.05, 0) is 70.7 Å². The molecule has 108 valence electrons.